The average Bonchev–Trinajstić information content (AvgIpc) is 3.65. The van der Waals surface area contributed by atoms with Crippen molar-refractivity contribution >= 4 is 0 Å². The summed E-state index contributed by atoms with van der Waals surface area (Å²) in [4.78, 5) is 0. The van der Waals surface area contributed by atoms with Gasteiger partial charge in [0, 0.05) is 0 Å². The Labute approximate surface area is 339 Å². The standard InChI is InChI=1S/C15H34NO5.C9H20O4.C6H14NO.8CH4.2ClH/c1-6-15(7-12(2)17)21-11-14(19)10-20-9-13(18)8-16(3,4)5;1-3-9(4-7(2)11)13-6-8(12)5-10;1-7(2,3)4-6-5-8-6;;;;;;;;;;/h12-15,17-19H,6-11H2,1-5H3;7-12H,3-6H2,1-2H3;6H,4-5H2,1-3H3;8*1H4;2*1H/q+1;;+1;;;;;;;;;;/p-2. The molecule has 6 N–H and O–H groups in total. The van der Waals surface area contributed by atoms with Crippen molar-refractivity contribution in [2.24, 2.45) is 0 Å². The monoisotopic (exact) mass is 815 g/mol. The molecule has 1 rings (SSSR count). The summed E-state index contributed by atoms with van der Waals surface area (Å²) in [7, 11) is 12.5. The van der Waals surface area contributed by atoms with Crippen LogP contribution in [0.15, 0.2) is 0 Å². The number of epoxide rings is 1. The molecule has 1 saturated heterocycles. The maximum Gasteiger partial charge on any atom is 0.130 e. The summed E-state index contributed by atoms with van der Waals surface area (Å²) in [6, 6.07) is 0. The van der Waals surface area contributed by atoms with E-state index in [1.807, 2.05) is 35.0 Å². The van der Waals surface area contributed by atoms with Gasteiger partial charge in [0.2, 0.25) is 0 Å². The fraction of sp³-hybridized carbons (Fsp3) is 1.00. The molecule has 0 saturated carbocycles. The van der Waals surface area contributed by atoms with Crippen LogP contribution in [0.4, 0.5) is 0 Å². The SMILES string of the molecule is C.C.C.C.C.C.C.C.CCC(CC(C)O)OCC(O)CO.CCC(CC(C)O)OCC(O)COCC(O)C[N+](C)(C)C.C[N+](C)(C)CC1CO1.[Cl-].[Cl-]. The normalized spacial score (nSPS) is 16.3. The van der Waals surface area contributed by atoms with Crippen LogP contribution >= 0.6 is 0 Å². The Morgan fingerprint density at radius 2 is 0.942 bits per heavy atom. The van der Waals surface area contributed by atoms with Crippen LogP contribution in [0, 0.1) is 0 Å². The number of hydrogen-bond acceptors (Lipinski definition) is 10. The average molecular weight is 816 g/mol. The van der Waals surface area contributed by atoms with E-state index in [1.54, 1.807) is 13.8 Å². The Morgan fingerprint density at radius 1 is 0.596 bits per heavy atom. The maximum atomic E-state index is 9.78. The van der Waals surface area contributed by atoms with E-state index in [2.05, 4.69) is 21.1 Å². The molecular weight excluding hydrogens is 715 g/mol. The van der Waals surface area contributed by atoms with Gasteiger partial charge >= 0.3 is 0 Å². The molecule has 1 aliphatic rings. The highest BCUT2D eigenvalue weighted by Gasteiger charge is 2.28. The summed E-state index contributed by atoms with van der Waals surface area (Å²) < 4.78 is 22.9. The zero-order chi connectivity index (χ0) is 32.9. The molecule has 8 atom stereocenters. The van der Waals surface area contributed by atoms with Crippen LogP contribution in [0.3, 0.4) is 0 Å². The second-order valence-electron chi connectivity index (χ2n) is 13.5. The van der Waals surface area contributed by atoms with E-state index in [9.17, 15) is 15.3 Å². The zero-order valence-electron chi connectivity index (χ0n) is 29.1. The van der Waals surface area contributed by atoms with Gasteiger partial charge in [0.05, 0.1) is 106 Å². The number of aliphatic hydroxyl groups is 6. The topological polar surface area (TPSA) is 162 Å². The summed E-state index contributed by atoms with van der Waals surface area (Å²) in [5.41, 5.74) is 0. The first kappa shape index (κ1) is 84.6. The Kier molecular flexibility index (Phi) is 76.9. The molecular formula is C38H100Cl2N2O10. The van der Waals surface area contributed by atoms with Crippen molar-refractivity contribution in [3.05, 3.63) is 0 Å². The third-order valence-corrected chi connectivity index (χ3v) is 5.91. The van der Waals surface area contributed by atoms with E-state index < -0.39 is 30.5 Å². The van der Waals surface area contributed by atoms with Gasteiger partial charge < -0.3 is 83.4 Å². The molecule has 1 heterocycles. The lowest BCUT2D eigenvalue weighted by molar-refractivity contribution is -0.873. The summed E-state index contributed by atoms with van der Waals surface area (Å²) in [6.07, 6.45) is 0.305. The molecule has 336 valence electrons. The third kappa shape index (κ3) is 65.0. The number of hydrogen-bond donors (Lipinski definition) is 6. The van der Waals surface area contributed by atoms with Crippen LogP contribution in [0.25, 0.3) is 0 Å². The predicted molar refractivity (Wildman–Crippen MR) is 218 cm³/mol. The first-order valence-electron chi connectivity index (χ1n) is 15.4. The van der Waals surface area contributed by atoms with Crippen molar-refractivity contribution in [2.45, 2.75) is 162 Å². The Balaban J connectivity index is -0.0000000454. The Hall–Kier alpha value is 0.100. The quantitative estimate of drug-likeness (QED) is 0.0633. The first-order valence-corrected chi connectivity index (χ1v) is 15.4. The van der Waals surface area contributed by atoms with Crippen LogP contribution in [-0.4, -0.2) is 183 Å². The second-order valence-corrected chi connectivity index (χ2v) is 13.5. The molecule has 0 aliphatic carbocycles. The van der Waals surface area contributed by atoms with Crippen molar-refractivity contribution in [1.82, 2.24) is 0 Å². The van der Waals surface area contributed by atoms with E-state index >= 15 is 0 Å². The van der Waals surface area contributed by atoms with Gasteiger partial charge in [0.25, 0.3) is 0 Å². The molecule has 0 bridgehead atoms. The summed E-state index contributed by atoms with van der Waals surface area (Å²) in [5, 5.41) is 55.5. The van der Waals surface area contributed by atoms with Crippen LogP contribution in [-0.2, 0) is 18.9 Å². The lowest BCUT2D eigenvalue weighted by atomic mass is 10.1. The molecule has 0 amide bonds. The van der Waals surface area contributed by atoms with Crippen molar-refractivity contribution in [1.29, 1.82) is 0 Å². The molecule has 1 fully saturated rings. The zero-order valence-corrected chi connectivity index (χ0v) is 30.6. The van der Waals surface area contributed by atoms with E-state index in [0.29, 0.717) is 30.0 Å². The third-order valence-electron chi connectivity index (χ3n) is 5.91. The van der Waals surface area contributed by atoms with Gasteiger partial charge in [-0.05, 0) is 39.5 Å². The van der Waals surface area contributed by atoms with Gasteiger partial charge in [0.1, 0.15) is 37.5 Å². The van der Waals surface area contributed by atoms with Crippen LogP contribution in [0.2, 0.25) is 0 Å². The highest BCUT2D eigenvalue weighted by atomic mass is 35.5. The van der Waals surface area contributed by atoms with Crippen LogP contribution in [0.1, 0.15) is 113 Å². The largest absolute Gasteiger partial charge is 1.00 e. The molecule has 1 aliphatic heterocycles. The van der Waals surface area contributed by atoms with Crippen molar-refractivity contribution in [2.75, 3.05) is 95.0 Å². The maximum absolute atomic E-state index is 9.78. The number of aliphatic hydroxyl groups excluding tert-OH is 6. The number of ether oxygens (including phenoxy) is 4. The highest BCUT2D eigenvalue weighted by Crippen LogP contribution is 2.11. The smallest absolute Gasteiger partial charge is 0.130 e. The van der Waals surface area contributed by atoms with Crippen molar-refractivity contribution in [3.8, 4) is 0 Å². The Morgan fingerprint density at radius 3 is 1.19 bits per heavy atom. The van der Waals surface area contributed by atoms with E-state index in [1.165, 1.54) is 0 Å². The van der Waals surface area contributed by atoms with Gasteiger partial charge in [-0.15, -0.1) is 0 Å². The van der Waals surface area contributed by atoms with Gasteiger partial charge in [-0.2, -0.15) is 0 Å². The molecule has 14 heteroatoms. The molecule has 0 aromatic heterocycles. The fourth-order valence-electron chi connectivity index (χ4n) is 3.87. The minimum atomic E-state index is -0.817. The molecule has 0 aromatic carbocycles. The lowest BCUT2D eigenvalue weighted by Gasteiger charge is -2.26. The number of nitrogens with zero attached hydrogens (tertiary/aromatic N) is 2. The number of rotatable bonds is 21. The molecule has 0 spiro atoms. The minimum absolute atomic E-state index is 0. The number of likely N-dealkylation sites (N-methyl/N-ethyl adjacent to an activating group) is 2. The van der Waals surface area contributed by atoms with Gasteiger partial charge in [-0.25, -0.2) is 0 Å². The van der Waals surface area contributed by atoms with Gasteiger partial charge in [-0.1, -0.05) is 73.3 Å². The predicted octanol–water partition coefficient (Wildman–Crippen LogP) is -0.909. The van der Waals surface area contributed by atoms with E-state index in [4.69, 9.17) is 34.3 Å². The molecule has 8 unspecified atom stereocenters. The highest BCUT2D eigenvalue weighted by molar-refractivity contribution is 4.67. The van der Waals surface area contributed by atoms with Crippen molar-refractivity contribution in [3.63, 3.8) is 0 Å². The van der Waals surface area contributed by atoms with Gasteiger partial charge in [0.15, 0.2) is 0 Å². The van der Waals surface area contributed by atoms with Crippen molar-refractivity contribution < 1.29 is 83.4 Å². The van der Waals surface area contributed by atoms with Gasteiger partial charge in [-0.3, -0.25) is 0 Å². The lowest BCUT2D eigenvalue weighted by Crippen LogP contribution is -3.00. The number of quaternary nitrogens is 2. The molecule has 52 heavy (non-hydrogen) atoms. The molecule has 0 radical (unpaired) electrons. The fourth-order valence-corrected chi connectivity index (χ4v) is 3.87. The van der Waals surface area contributed by atoms with Crippen LogP contribution in [0.5, 0.6) is 0 Å². The minimum Gasteiger partial charge on any atom is -1.00 e. The Bertz CT molecular complexity index is 626. The van der Waals surface area contributed by atoms with E-state index in [0.717, 1.165) is 30.5 Å². The molecule has 12 nitrogen and oxygen atoms in total. The molecule has 0 aromatic rings. The first-order chi connectivity index (χ1) is 19.3. The summed E-state index contributed by atoms with van der Waals surface area (Å²) >= 11 is 0. The summed E-state index contributed by atoms with van der Waals surface area (Å²) in [6.45, 7) is 10.5. The summed E-state index contributed by atoms with van der Waals surface area (Å²) in [5.74, 6) is 0. The van der Waals surface area contributed by atoms with E-state index in [-0.39, 0.29) is 129 Å². The second kappa shape index (κ2) is 47.3. The number of halogens is 2. The van der Waals surface area contributed by atoms with Crippen LogP contribution < -0.4 is 24.8 Å².